The Labute approximate surface area is 88.0 Å². The number of H-pyrrole nitrogens is 1. The Balaban J connectivity index is 2.19. The van der Waals surface area contributed by atoms with E-state index < -0.39 is 0 Å². The van der Waals surface area contributed by atoms with Crippen LogP contribution in [0.25, 0.3) is 11.4 Å². The van der Waals surface area contributed by atoms with Crippen LogP contribution in [0.2, 0.25) is 0 Å². The molecule has 0 fully saturated rings. The van der Waals surface area contributed by atoms with Crippen LogP contribution < -0.4 is 5.32 Å². The SMILES string of the molecule is OCCNc1cc[c]c(-c2ncc[nH]2)c1. The molecule has 2 aromatic rings. The van der Waals surface area contributed by atoms with Gasteiger partial charge in [0.15, 0.2) is 0 Å². The largest absolute Gasteiger partial charge is 0.395 e. The van der Waals surface area contributed by atoms with Crippen molar-refractivity contribution in [3.8, 4) is 11.4 Å². The zero-order chi connectivity index (χ0) is 10.5. The number of aromatic nitrogens is 2. The molecule has 1 aromatic heterocycles. The van der Waals surface area contributed by atoms with Crippen molar-refractivity contribution in [3.05, 3.63) is 36.7 Å². The van der Waals surface area contributed by atoms with Crippen molar-refractivity contribution >= 4 is 5.69 Å². The summed E-state index contributed by atoms with van der Waals surface area (Å²) >= 11 is 0. The number of benzene rings is 1. The Kier molecular flexibility index (Phi) is 2.99. The molecule has 15 heavy (non-hydrogen) atoms. The van der Waals surface area contributed by atoms with Gasteiger partial charge in [-0.3, -0.25) is 0 Å². The van der Waals surface area contributed by atoms with E-state index >= 15 is 0 Å². The standard InChI is InChI=1S/C11H12N3O/c15-7-6-12-10-3-1-2-9(8-10)11-13-4-5-14-11/h1,3-5,8,12,15H,6-7H2,(H,13,14). The molecule has 0 atom stereocenters. The van der Waals surface area contributed by atoms with Crippen molar-refractivity contribution in [1.82, 2.24) is 9.97 Å². The van der Waals surface area contributed by atoms with Gasteiger partial charge >= 0.3 is 0 Å². The van der Waals surface area contributed by atoms with Gasteiger partial charge in [-0.2, -0.15) is 0 Å². The molecule has 0 aliphatic carbocycles. The summed E-state index contributed by atoms with van der Waals surface area (Å²) in [4.78, 5) is 7.16. The molecule has 1 aromatic carbocycles. The maximum absolute atomic E-state index is 8.69. The highest BCUT2D eigenvalue weighted by molar-refractivity contribution is 5.61. The van der Waals surface area contributed by atoms with Gasteiger partial charge < -0.3 is 15.4 Å². The summed E-state index contributed by atoms with van der Waals surface area (Å²) in [5.74, 6) is 0.794. The number of nitrogens with zero attached hydrogens (tertiary/aromatic N) is 1. The van der Waals surface area contributed by atoms with Crippen LogP contribution >= 0.6 is 0 Å². The zero-order valence-corrected chi connectivity index (χ0v) is 8.20. The highest BCUT2D eigenvalue weighted by atomic mass is 16.3. The Morgan fingerprint density at radius 1 is 1.53 bits per heavy atom. The summed E-state index contributed by atoms with van der Waals surface area (Å²) in [6.07, 6.45) is 3.48. The average Bonchev–Trinajstić information content (AvgIpc) is 2.80. The Hall–Kier alpha value is -1.81. The van der Waals surface area contributed by atoms with Crippen molar-refractivity contribution in [2.45, 2.75) is 0 Å². The van der Waals surface area contributed by atoms with E-state index in [0.717, 1.165) is 17.1 Å². The number of hydrogen-bond acceptors (Lipinski definition) is 3. The van der Waals surface area contributed by atoms with Crippen molar-refractivity contribution in [1.29, 1.82) is 0 Å². The highest BCUT2D eigenvalue weighted by Crippen LogP contribution is 2.17. The van der Waals surface area contributed by atoms with Crippen molar-refractivity contribution < 1.29 is 5.11 Å². The zero-order valence-electron chi connectivity index (χ0n) is 8.20. The predicted octanol–water partition coefficient (Wildman–Crippen LogP) is 1.28. The highest BCUT2D eigenvalue weighted by Gasteiger charge is 2.00. The summed E-state index contributed by atoms with van der Waals surface area (Å²) in [7, 11) is 0. The number of aliphatic hydroxyl groups excluding tert-OH is 1. The van der Waals surface area contributed by atoms with Gasteiger partial charge in [0.25, 0.3) is 0 Å². The lowest BCUT2D eigenvalue weighted by Gasteiger charge is -2.05. The van der Waals surface area contributed by atoms with Gasteiger partial charge in [0.05, 0.1) is 6.61 Å². The van der Waals surface area contributed by atoms with E-state index in [4.69, 9.17) is 5.11 Å². The molecule has 4 heteroatoms. The van der Waals surface area contributed by atoms with Gasteiger partial charge in [-0.25, -0.2) is 4.98 Å². The van der Waals surface area contributed by atoms with E-state index in [-0.39, 0.29) is 6.61 Å². The second-order valence-corrected chi connectivity index (χ2v) is 3.08. The van der Waals surface area contributed by atoms with Crippen molar-refractivity contribution in [2.75, 3.05) is 18.5 Å². The lowest BCUT2D eigenvalue weighted by Crippen LogP contribution is -2.05. The van der Waals surface area contributed by atoms with Gasteiger partial charge in [0.1, 0.15) is 5.82 Å². The molecule has 1 radical (unpaired) electrons. The van der Waals surface area contributed by atoms with E-state index in [0.29, 0.717) is 6.54 Å². The van der Waals surface area contributed by atoms with Crippen LogP contribution in [0.1, 0.15) is 0 Å². The van der Waals surface area contributed by atoms with Gasteiger partial charge in [-0.05, 0) is 18.2 Å². The second-order valence-electron chi connectivity index (χ2n) is 3.08. The monoisotopic (exact) mass is 202 g/mol. The van der Waals surface area contributed by atoms with E-state index in [1.165, 1.54) is 0 Å². The summed E-state index contributed by atoms with van der Waals surface area (Å²) in [5.41, 5.74) is 1.86. The number of nitrogens with one attached hydrogen (secondary N) is 2. The fraction of sp³-hybridized carbons (Fsp3) is 0.182. The summed E-state index contributed by atoms with van der Waals surface area (Å²) < 4.78 is 0. The molecular weight excluding hydrogens is 190 g/mol. The fourth-order valence-corrected chi connectivity index (χ4v) is 1.33. The molecule has 0 unspecified atom stereocenters. The minimum Gasteiger partial charge on any atom is -0.395 e. The normalized spacial score (nSPS) is 10.2. The predicted molar refractivity (Wildman–Crippen MR) is 58.4 cm³/mol. The van der Waals surface area contributed by atoms with Gasteiger partial charge in [0, 0.05) is 30.2 Å². The second kappa shape index (κ2) is 4.61. The van der Waals surface area contributed by atoms with Gasteiger partial charge in [0.2, 0.25) is 0 Å². The third-order valence-electron chi connectivity index (χ3n) is 2.00. The van der Waals surface area contributed by atoms with Gasteiger partial charge in [-0.15, -0.1) is 0 Å². The van der Waals surface area contributed by atoms with Crippen LogP contribution in [-0.4, -0.2) is 28.2 Å². The van der Waals surface area contributed by atoms with Crippen LogP contribution in [0.4, 0.5) is 5.69 Å². The maximum atomic E-state index is 8.69. The third-order valence-corrected chi connectivity index (χ3v) is 2.00. The number of aromatic amines is 1. The first-order valence-corrected chi connectivity index (χ1v) is 4.76. The molecule has 1 heterocycles. The van der Waals surface area contributed by atoms with E-state index in [2.05, 4.69) is 21.4 Å². The molecule has 0 aliphatic heterocycles. The Morgan fingerprint density at radius 3 is 3.20 bits per heavy atom. The molecule has 4 nitrogen and oxygen atoms in total. The van der Waals surface area contributed by atoms with Crippen LogP contribution in [0, 0.1) is 6.07 Å². The van der Waals surface area contributed by atoms with E-state index in [9.17, 15) is 0 Å². The first kappa shape index (κ1) is 9.73. The molecule has 0 spiro atoms. The maximum Gasteiger partial charge on any atom is 0.137 e. The van der Waals surface area contributed by atoms with Crippen molar-refractivity contribution in [2.24, 2.45) is 0 Å². The molecule has 77 valence electrons. The fourth-order valence-electron chi connectivity index (χ4n) is 1.33. The Bertz CT molecular complexity index is 412. The topological polar surface area (TPSA) is 60.9 Å². The summed E-state index contributed by atoms with van der Waals surface area (Å²) in [6.45, 7) is 0.663. The summed E-state index contributed by atoms with van der Waals surface area (Å²) in [5, 5.41) is 11.8. The first-order valence-electron chi connectivity index (χ1n) is 4.76. The number of rotatable bonds is 4. The number of imidazole rings is 1. The lowest BCUT2D eigenvalue weighted by atomic mass is 10.2. The lowest BCUT2D eigenvalue weighted by molar-refractivity contribution is 0.311. The van der Waals surface area contributed by atoms with Crippen molar-refractivity contribution in [3.63, 3.8) is 0 Å². The molecule has 2 rings (SSSR count). The molecule has 0 saturated carbocycles. The summed E-state index contributed by atoms with van der Waals surface area (Å²) in [6, 6.07) is 8.77. The molecule has 3 N–H and O–H groups in total. The minimum atomic E-state index is 0.120. The Morgan fingerprint density at radius 2 is 2.47 bits per heavy atom. The molecule has 0 saturated heterocycles. The minimum absolute atomic E-state index is 0.120. The quantitative estimate of drug-likeness (QED) is 0.700. The number of aliphatic hydroxyl groups is 1. The van der Waals surface area contributed by atoms with Crippen LogP contribution in [0.5, 0.6) is 0 Å². The average molecular weight is 202 g/mol. The van der Waals surface area contributed by atoms with Crippen LogP contribution in [0.3, 0.4) is 0 Å². The van der Waals surface area contributed by atoms with E-state index in [1.807, 2.05) is 18.2 Å². The molecular formula is C11H12N3O. The smallest absolute Gasteiger partial charge is 0.137 e. The van der Waals surface area contributed by atoms with Crippen LogP contribution in [0.15, 0.2) is 30.6 Å². The van der Waals surface area contributed by atoms with E-state index in [1.54, 1.807) is 12.4 Å². The molecule has 0 aliphatic rings. The molecule has 0 amide bonds. The molecule has 0 bridgehead atoms. The third kappa shape index (κ3) is 2.35. The first-order chi connectivity index (χ1) is 7.40. The van der Waals surface area contributed by atoms with Gasteiger partial charge in [-0.1, -0.05) is 6.07 Å². The number of anilines is 1. The number of hydrogen-bond donors (Lipinski definition) is 3. The van der Waals surface area contributed by atoms with Crippen LogP contribution in [-0.2, 0) is 0 Å².